The molecule has 3 aromatic carbocycles. The van der Waals surface area contributed by atoms with Gasteiger partial charge in [0.25, 0.3) is 0 Å². The van der Waals surface area contributed by atoms with Crippen molar-refractivity contribution in [2.75, 3.05) is 45.0 Å². The summed E-state index contributed by atoms with van der Waals surface area (Å²) in [4.78, 5) is 20.5. The molecule has 9 fully saturated rings. The molecule has 0 radical (unpaired) electrons. The molecule has 10 nitrogen and oxygen atoms in total. The Kier molecular flexibility index (Phi) is 18.8. The smallest absolute Gasteiger partial charge is 0.793 e. The van der Waals surface area contributed by atoms with E-state index >= 15 is 0 Å². The molecule has 15 atom stereocenters. The molecular weight excluding hydrogens is 936 g/mol. The van der Waals surface area contributed by atoms with Gasteiger partial charge in [-0.2, -0.15) is 5.75 Å². The summed E-state index contributed by atoms with van der Waals surface area (Å²) in [6, 6.07) is 24.1. The second-order valence-electron chi connectivity index (χ2n) is 21.3. The predicted molar refractivity (Wildman–Crippen MR) is 294 cm³/mol. The van der Waals surface area contributed by atoms with Crippen LogP contribution in [-0.4, -0.2) is 113 Å². The van der Waals surface area contributed by atoms with E-state index in [0.717, 1.165) is 114 Å². The summed E-state index contributed by atoms with van der Waals surface area (Å²) in [5.41, 5.74) is 8.04. The number of aliphatic hydroxyl groups excluding tert-OH is 3. The monoisotopic (exact) mass is 1010 g/mol. The Morgan fingerprint density at radius 2 is 0.863 bits per heavy atom. The van der Waals surface area contributed by atoms with E-state index in [-0.39, 0.29) is 53.4 Å². The van der Waals surface area contributed by atoms with Gasteiger partial charge >= 0.3 is 29.6 Å². The molecule has 4 N–H and O–H groups in total. The molecule has 3 aromatic heterocycles. The first-order chi connectivity index (χ1) is 34.9. The van der Waals surface area contributed by atoms with Crippen LogP contribution in [0.4, 0.5) is 0 Å². The molecule has 9 aliphatic rings. The fraction of sp³-hybridized carbons (Fsp3) is 0.459. The van der Waals surface area contributed by atoms with E-state index in [1.54, 1.807) is 24.4 Å². The van der Waals surface area contributed by atoms with Gasteiger partial charge in [0.2, 0.25) is 0 Å². The Hall–Kier alpha value is -3.98. The SMILES string of the molecule is C=CC1CN2CCC1CC2[C@H](O)c1ccnc2ccc(C)cc12.C=CC1CN2CCC1CC2[C@H](O)c1ccnc2ccc(C)cc12.C=CC1CN2CCC1CC2[C@H](O)c1ccnc2ccc(O)cc12.CC[S-].[Na+]. The van der Waals surface area contributed by atoms with Crippen LogP contribution in [0.15, 0.2) is 129 Å². The number of nitrogens with zero attached hydrogens (tertiary/aromatic N) is 6. The van der Waals surface area contributed by atoms with Crippen molar-refractivity contribution in [1.82, 2.24) is 29.7 Å². The molecule has 12 heterocycles. The third kappa shape index (κ3) is 11.9. The molecule has 73 heavy (non-hydrogen) atoms. The maximum Gasteiger partial charge on any atom is 1.00 e. The number of pyridine rings is 3. The van der Waals surface area contributed by atoms with Crippen LogP contribution in [0.25, 0.3) is 32.7 Å². The summed E-state index contributed by atoms with van der Waals surface area (Å²) >= 11 is 4.39. The Bertz CT molecular complexity index is 2560. The number of rotatable bonds is 9. The summed E-state index contributed by atoms with van der Waals surface area (Å²) in [5.74, 6) is 4.73. The zero-order valence-electron chi connectivity index (χ0n) is 43.5. The van der Waals surface area contributed by atoms with Gasteiger partial charge in [-0.15, -0.1) is 19.7 Å². The van der Waals surface area contributed by atoms with E-state index in [9.17, 15) is 20.4 Å². The quantitative estimate of drug-likeness (QED) is 0.0659. The van der Waals surface area contributed by atoms with Crippen LogP contribution in [0.5, 0.6) is 5.75 Å². The second-order valence-corrected chi connectivity index (χ2v) is 21.9. The first-order valence-corrected chi connectivity index (χ1v) is 27.0. The fourth-order valence-electron chi connectivity index (χ4n) is 13.2. The van der Waals surface area contributed by atoms with Crippen LogP contribution in [0.3, 0.4) is 0 Å². The average Bonchev–Trinajstić information content (AvgIpc) is 3.42. The number of aromatic hydroxyl groups is 1. The molecule has 0 saturated carbocycles. The van der Waals surface area contributed by atoms with Crippen molar-refractivity contribution in [3.8, 4) is 5.75 Å². The summed E-state index contributed by atoms with van der Waals surface area (Å²) in [6.07, 6.45) is 17.0. The predicted octanol–water partition coefficient (Wildman–Crippen LogP) is 7.37. The maximum absolute atomic E-state index is 11.1. The van der Waals surface area contributed by atoms with Gasteiger partial charge in [-0.1, -0.05) is 48.4 Å². The summed E-state index contributed by atoms with van der Waals surface area (Å²) in [6.45, 7) is 24.3. The third-order valence-electron chi connectivity index (χ3n) is 17.1. The van der Waals surface area contributed by atoms with Crippen molar-refractivity contribution in [1.29, 1.82) is 0 Å². The van der Waals surface area contributed by atoms with Crippen molar-refractivity contribution < 1.29 is 50.0 Å². The fourth-order valence-corrected chi connectivity index (χ4v) is 13.2. The van der Waals surface area contributed by atoms with Crippen LogP contribution in [0.1, 0.15) is 91.6 Å². The number of fused-ring (bicyclic) bond motifs is 12. The Balaban J connectivity index is 0.000000141. The summed E-state index contributed by atoms with van der Waals surface area (Å²) in [5, 5.41) is 46.1. The standard InChI is InChI=1S/2C20H24N2O.C19H22N2O2.C2H6S.Na/c2*1-3-14-12-22-9-7-15(14)11-19(22)20(23)16-6-8-21-18-5-4-13(2)10-17(16)18;1-2-12-11-21-8-6-13(12)9-18(21)19(23)15-5-7-20-17-4-3-14(22)10-16(15)17;1-2-3;/h2*3-6,8,10,14-15,19-20,23H,1,7,9,11-12H2,2H3;2-5,7,10,12-13,18-19,22-23H,1,6,8-9,11H2;3H,2H2,1H3;/q;;;;+1/p-1/t2*14?,15?,19?,20-;12?,13?,18?,19-;;/m111../s1. The third-order valence-corrected chi connectivity index (χ3v) is 17.1. The van der Waals surface area contributed by atoms with E-state index < -0.39 is 18.3 Å². The minimum atomic E-state index is -0.559. The van der Waals surface area contributed by atoms with Gasteiger partial charge in [0.1, 0.15) is 5.75 Å². The van der Waals surface area contributed by atoms with Gasteiger partial charge < -0.3 is 33.1 Å². The van der Waals surface area contributed by atoms with Crippen molar-refractivity contribution >= 4 is 45.3 Å². The van der Waals surface area contributed by atoms with Gasteiger partial charge in [-0.25, -0.2) is 0 Å². The maximum atomic E-state index is 11.1. The number of hydrogen-bond acceptors (Lipinski definition) is 11. The number of aryl methyl sites for hydroxylation is 2. The number of phenols is 1. The number of aromatic nitrogens is 3. The molecule has 9 aliphatic heterocycles. The molecule has 0 spiro atoms. The van der Waals surface area contributed by atoms with Crippen LogP contribution < -0.4 is 29.6 Å². The van der Waals surface area contributed by atoms with Crippen LogP contribution in [0.2, 0.25) is 0 Å². The number of benzene rings is 3. The molecule has 12 heteroatoms. The normalized spacial score (nSPS) is 29.7. The van der Waals surface area contributed by atoms with Crippen LogP contribution >= 0.6 is 0 Å². The summed E-state index contributed by atoms with van der Waals surface area (Å²) in [7, 11) is 0. The molecule has 12 unspecified atom stereocenters. The van der Waals surface area contributed by atoms with Crippen LogP contribution in [-0.2, 0) is 12.6 Å². The molecule has 15 rings (SSSR count). The van der Waals surface area contributed by atoms with Crippen molar-refractivity contribution in [3.63, 3.8) is 0 Å². The zero-order chi connectivity index (χ0) is 50.6. The van der Waals surface area contributed by atoms with E-state index in [1.165, 1.54) is 30.4 Å². The number of piperidine rings is 9. The molecule has 6 aromatic rings. The number of aliphatic hydroxyl groups is 3. The van der Waals surface area contributed by atoms with Gasteiger partial charge in [0.15, 0.2) is 0 Å². The molecule has 0 amide bonds. The largest absolute Gasteiger partial charge is 1.00 e. The van der Waals surface area contributed by atoms with Gasteiger partial charge in [0, 0.05) is 72.5 Å². The number of hydrogen-bond donors (Lipinski definition) is 4. The van der Waals surface area contributed by atoms with E-state index in [0.29, 0.717) is 35.5 Å². The molecule has 380 valence electrons. The number of phenolic OH excluding ortho intramolecular Hbond substituents is 1. The van der Waals surface area contributed by atoms with Crippen LogP contribution in [0, 0.1) is 49.4 Å². The Labute approximate surface area is 461 Å². The second kappa shape index (κ2) is 24.8. The van der Waals surface area contributed by atoms with Crippen molar-refractivity contribution in [3.05, 3.63) is 157 Å². The average molecular weight is 1010 g/mol. The van der Waals surface area contributed by atoms with E-state index in [4.69, 9.17) is 0 Å². The minimum Gasteiger partial charge on any atom is -0.793 e. The van der Waals surface area contributed by atoms with Gasteiger partial charge in [-0.3, -0.25) is 29.7 Å². The molecule has 6 bridgehead atoms. The zero-order valence-corrected chi connectivity index (χ0v) is 46.3. The van der Waals surface area contributed by atoms with E-state index in [1.807, 2.05) is 49.6 Å². The summed E-state index contributed by atoms with van der Waals surface area (Å²) < 4.78 is 0. The molecule has 9 saturated heterocycles. The minimum absolute atomic E-state index is 0. The topological polar surface area (TPSA) is 129 Å². The first-order valence-electron chi connectivity index (χ1n) is 26.4. The van der Waals surface area contributed by atoms with Crippen molar-refractivity contribution in [2.45, 2.75) is 95.7 Å². The molecule has 0 aliphatic carbocycles. The van der Waals surface area contributed by atoms with Gasteiger partial charge in [-0.05, 0) is 185 Å². The Morgan fingerprint density at radius 1 is 0.548 bits per heavy atom. The molecular formula is C61H75N6NaO4S. The van der Waals surface area contributed by atoms with Crippen molar-refractivity contribution in [2.24, 2.45) is 35.5 Å². The van der Waals surface area contributed by atoms with E-state index in [2.05, 4.69) is 118 Å². The Morgan fingerprint density at radius 3 is 1.16 bits per heavy atom. The van der Waals surface area contributed by atoms with Gasteiger partial charge in [0.05, 0.1) is 34.9 Å². The first kappa shape index (κ1) is 55.3.